The molecule has 1 aromatic rings. The Morgan fingerprint density at radius 2 is 2.06 bits per heavy atom. The molecule has 0 amide bonds. The van der Waals surface area contributed by atoms with Gasteiger partial charge < -0.3 is 10.5 Å². The minimum Gasteiger partial charge on any atom is -0.378 e. The molecule has 17 heavy (non-hydrogen) atoms. The van der Waals surface area contributed by atoms with Crippen molar-refractivity contribution in [1.82, 2.24) is 0 Å². The average Bonchev–Trinajstić information content (AvgIpc) is 2.88. The van der Waals surface area contributed by atoms with Crippen LogP contribution in [0.15, 0.2) is 30.3 Å². The van der Waals surface area contributed by atoms with E-state index in [0.29, 0.717) is 12.1 Å². The summed E-state index contributed by atoms with van der Waals surface area (Å²) >= 11 is 0. The lowest BCUT2D eigenvalue weighted by Gasteiger charge is -2.14. The number of aryl methyl sites for hydroxylation is 1. The topological polar surface area (TPSA) is 35.2 Å². The summed E-state index contributed by atoms with van der Waals surface area (Å²) in [6.07, 6.45) is 7.34. The van der Waals surface area contributed by atoms with Gasteiger partial charge in [0.1, 0.15) is 0 Å². The first kappa shape index (κ1) is 12.6. The Labute approximate surface area is 104 Å². The molecule has 0 spiro atoms. The summed E-state index contributed by atoms with van der Waals surface area (Å²) in [4.78, 5) is 0. The molecule has 0 aromatic heterocycles. The van der Waals surface area contributed by atoms with Crippen molar-refractivity contribution in [3.8, 4) is 0 Å². The van der Waals surface area contributed by atoms with Crippen molar-refractivity contribution in [2.75, 3.05) is 6.61 Å². The first-order valence-electron chi connectivity index (χ1n) is 6.75. The van der Waals surface area contributed by atoms with E-state index in [1.54, 1.807) is 0 Å². The van der Waals surface area contributed by atoms with E-state index in [2.05, 4.69) is 30.3 Å². The van der Waals surface area contributed by atoms with E-state index in [0.717, 1.165) is 32.3 Å². The summed E-state index contributed by atoms with van der Waals surface area (Å²) in [5.41, 5.74) is 7.53. The SMILES string of the molecule is NC(CCc1ccccc1)CCC1CCCO1. The van der Waals surface area contributed by atoms with E-state index in [9.17, 15) is 0 Å². The van der Waals surface area contributed by atoms with Crippen LogP contribution in [0, 0.1) is 0 Å². The van der Waals surface area contributed by atoms with Crippen molar-refractivity contribution in [2.45, 2.75) is 50.7 Å². The van der Waals surface area contributed by atoms with Crippen LogP contribution >= 0.6 is 0 Å². The molecule has 0 saturated carbocycles. The normalized spacial score (nSPS) is 21.6. The predicted molar refractivity (Wildman–Crippen MR) is 70.9 cm³/mol. The second-order valence-corrected chi connectivity index (χ2v) is 5.00. The van der Waals surface area contributed by atoms with E-state index in [4.69, 9.17) is 10.5 Å². The molecular weight excluding hydrogens is 210 g/mol. The molecule has 0 aliphatic carbocycles. The molecule has 2 heteroatoms. The van der Waals surface area contributed by atoms with Gasteiger partial charge in [0.2, 0.25) is 0 Å². The fraction of sp³-hybridized carbons (Fsp3) is 0.600. The van der Waals surface area contributed by atoms with Crippen molar-refractivity contribution in [1.29, 1.82) is 0 Å². The average molecular weight is 233 g/mol. The van der Waals surface area contributed by atoms with E-state index in [1.165, 1.54) is 18.4 Å². The standard InChI is InChI=1S/C15H23NO/c16-14(10-11-15-7-4-12-17-15)9-8-13-5-2-1-3-6-13/h1-3,5-6,14-15H,4,7-12,16H2. The molecule has 1 saturated heterocycles. The maximum atomic E-state index is 6.14. The van der Waals surface area contributed by atoms with Gasteiger partial charge in [0.25, 0.3) is 0 Å². The highest BCUT2D eigenvalue weighted by Gasteiger charge is 2.16. The second-order valence-electron chi connectivity index (χ2n) is 5.00. The first-order valence-corrected chi connectivity index (χ1v) is 6.75. The van der Waals surface area contributed by atoms with Gasteiger partial charge in [0.05, 0.1) is 6.10 Å². The third kappa shape index (κ3) is 4.49. The number of hydrogen-bond donors (Lipinski definition) is 1. The van der Waals surface area contributed by atoms with E-state index in [1.807, 2.05) is 0 Å². The highest BCUT2D eigenvalue weighted by molar-refractivity contribution is 5.14. The summed E-state index contributed by atoms with van der Waals surface area (Å²) in [5, 5.41) is 0. The van der Waals surface area contributed by atoms with Crippen molar-refractivity contribution in [3.63, 3.8) is 0 Å². The van der Waals surface area contributed by atoms with Gasteiger partial charge in [-0.15, -0.1) is 0 Å². The molecule has 2 unspecified atom stereocenters. The molecule has 1 aromatic carbocycles. The number of nitrogens with two attached hydrogens (primary N) is 1. The quantitative estimate of drug-likeness (QED) is 0.820. The molecule has 94 valence electrons. The highest BCUT2D eigenvalue weighted by atomic mass is 16.5. The van der Waals surface area contributed by atoms with Crippen molar-refractivity contribution in [3.05, 3.63) is 35.9 Å². The van der Waals surface area contributed by atoms with Crippen molar-refractivity contribution >= 4 is 0 Å². The van der Waals surface area contributed by atoms with Crippen molar-refractivity contribution < 1.29 is 4.74 Å². The maximum Gasteiger partial charge on any atom is 0.0576 e. The minimum absolute atomic E-state index is 0.319. The Balaban J connectivity index is 1.62. The summed E-state index contributed by atoms with van der Waals surface area (Å²) in [6, 6.07) is 10.9. The lowest BCUT2D eigenvalue weighted by atomic mass is 10.0. The zero-order valence-corrected chi connectivity index (χ0v) is 10.5. The Bertz CT molecular complexity index is 306. The van der Waals surface area contributed by atoms with Gasteiger partial charge in [-0.2, -0.15) is 0 Å². The van der Waals surface area contributed by atoms with Crippen LogP contribution in [0.3, 0.4) is 0 Å². The third-order valence-corrected chi connectivity index (χ3v) is 3.53. The first-order chi connectivity index (χ1) is 8.34. The molecule has 1 aliphatic rings. The molecule has 1 fully saturated rings. The largest absolute Gasteiger partial charge is 0.378 e. The molecule has 2 N–H and O–H groups in total. The van der Waals surface area contributed by atoms with Gasteiger partial charge in [0.15, 0.2) is 0 Å². The monoisotopic (exact) mass is 233 g/mol. The molecule has 2 atom stereocenters. The Hall–Kier alpha value is -0.860. The highest BCUT2D eigenvalue weighted by Crippen LogP contribution is 2.18. The Kier molecular flexibility index (Phi) is 5.02. The van der Waals surface area contributed by atoms with Crippen LogP contribution in [0.25, 0.3) is 0 Å². The molecule has 0 radical (unpaired) electrons. The third-order valence-electron chi connectivity index (χ3n) is 3.53. The van der Waals surface area contributed by atoms with Crippen molar-refractivity contribution in [2.24, 2.45) is 5.73 Å². The van der Waals surface area contributed by atoms with E-state index >= 15 is 0 Å². The van der Waals surface area contributed by atoms with Gasteiger partial charge in [-0.05, 0) is 44.1 Å². The van der Waals surface area contributed by atoms with E-state index in [-0.39, 0.29) is 0 Å². The van der Waals surface area contributed by atoms with Crippen LogP contribution in [0.2, 0.25) is 0 Å². The van der Waals surface area contributed by atoms with Gasteiger partial charge in [0, 0.05) is 12.6 Å². The predicted octanol–water partition coefficient (Wildman–Crippen LogP) is 2.91. The van der Waals surface area contributed by atoms with Crippen LogP contribution in [0.4, 0.5) is 0 Å². The smallest absolute Gasteiger partial charge is 0.0576 e. The molecule has 2 rings (SSSR count). The van der Waals surface area contributed by atoms with Gasteiger partial charge >= 0.3 is 0 Å². The summed E-state index contributed by atoms with van der Waals surface area (Å²) in [6.45, 7) is 0.948. The zero-order chi connectivity index (χ0) is 11.9. The number of hydrogen-bond acceptors (Lipinski definition) is 2. The van der Waals surface area contributed by atoms with Crippen LogP contribution in [0.5, 0.6) is 0 Å². The number of ether oxygens (including phenoxy) is 1. The minimum atomic E-state index is 0.319. The molecule has 1 aliphatic heterocycles. The fourth-order valence-corrected chi connectivity index (χ4v) is 2.41. The van der Waals surface area contributed by atoms with Gasteiger partial charge in [-0.25, -0.2) is 0 Å². The summed E-state index contributed by atoms with van der Waals surface area (Å²) in [7, 11) is 0. The summed E-state index contributed by atoms with van der Waals surface area (Å²) < 4.78 is 5.61. The van der Waals surface area contributed by atoms with Crippen LogP contribution in [-0.2, 0) is 11.2 Å². The Morgan fingerprint density at radius 1 is 1.24 bits per heavy atom. The maximum absolute atomic E-state index is 6.14. The molecule has 0 bridgehead atoms. The lowest BCUT2D eigenvalue weighted by Crippen LogP contribution is -2.22. The van der Waals surface area contributed by atoms with Crippen LogP contribution in [0.1, 0.15) is 37.7 Å². The number of benzene rings is 1. The van der Waals surface area contributed by atoms with Gasteiger partial charge in [-0.3, -0.25) is 0 Å². The zero-order valence-electron chi connectivity index (χ0n) is 10.5. The molecular formula is C15H23NO. The Morgan fingerprint density at radius 3 is 2.76 bits per heavy atom. The molecule has 2 nitrogen and oxygen atoms in total. The van der Waals surface area contributed by atoms with Crippen LogP contribution < -0.4 is 5.73 Å². The second kappa shape index (κ2) is 6.77. The summed E-state index contributed by atoms with van der Waals surface area (Å²) in [5.74, 6) is 0. The lowest BCUT2D eigenvalue weighted by molar-refractivity contribution is 0.100. The number of rotatable bonds is 6. The van der Waals surface area contributed by atoms with E-state index < -0.39 is 0 Å². The fourth-order valence-electron chi connectivity index (χ4n) is 2.41. The van der Waals surface area contributed by atoms with Gasteiger partial charge in [-0.1, -0.05) is 30.3 Å². The van der Waals surface area contributed by atoms with Crippen LogP contribution in [-0.4, -0.2) is 18.8 Å². The molecule has 1 heterocycles.